The van der Waals surface area contributed by atoms with E-state index in [4.69, 9.17) is 0 Å². The summed E-state index contributed by atoms with van der Waals surface area (Å²) >= 11 is 0. The largest absolute Gasteiger partial charge is 0.344 e. The van der Waals surface area contributed by atoms with Crippen molar-refractivity contribution in [1.82, 2.24) is 5.32 Å². The Balaban J connectivity index is 1.97. The lowest BCUT2D eigenvalue weighted by atomic mass is 9.69. The Kier molecular flexibility index (Phi) is 7.24. The van der Waals surface area contributed by atoms with Gasteiger partial charge in [-0.2, -0.15) is 0 Å². The Morgan fingerprint density at radius 3 is 2.21 bits per heavy atom. The summed E-state index contributed by atoms with van der Waals surface area (Å²) in [5, 5.41) is 5.67. The highest BCUT2D eigenvalue weighted by molar-refractivity contribution is 5.97. The van der Waals surface area contributed by atoms with E-state index < -0.39 is 6.04 Å². The zero-order chi connectivity index (χ0) is 21.1. The van der Waals surface area contributed by atoms with Crippen molar-refractivity contribution in [1.29, 1.82) is 0 Å². The highest BCUT2D eigenvalue weighted by atomic mass is 19.1. The molecule has 0 unspecified atom stereocenters. The van der Waals surface area contributed by atoms with Gasteiger partial charge in [0.15, 0.2) is 0 Å². The summed E-state index contributed by atoms with van der Waals surface area (Å²) in [5.41, 5.74) is 1.20. The Morgan fingerprint density at radius 2 is 1.71 bits per heavy atom. The molecule has 0 aliphatic heterocycles. The topological polar surface area (TPSA) is 58.2 Å². The predicted octanol–water partition coefficient (Wildman–Crippen LogP) is 5.07. The van der Waals surface area contributed by atoms with Gasteiger partial charge in [-0.15, -0.1) is 0 Å². The first-order valence-corrected chi connectivity index (χ1v) is 10.4. The third-order valence-electron chi connectivity index (χ3n) is 6.01. The van der Waals surface area contributed by atoms with Gasteiger partial charge in [-0.1, -0.05) is 40.7 Å². The number of halogens is 1. The summed E-state index contributed by atoms with van der Waals surface area (Å²) in [7, 11) is 0. The Bertz CT molecular complexity index is 701. The minimum Gasteiger partial charge on any atom is -0.344 e. The van der Waals surface area contributed by atoms with Gasteiger partial charge in [0.1, 0.15) is 11.9 Å². The SMILES string of the molecule is Cc1ccc(NC(=O)[C@H](NC(=O)C2CCC(C(C)(C)C)CC2)C(C)C)cc1F. The Labute approximate surface area is 168 Å². The number of hydrogen-bond acceptors (Lipinski definition) is 2. The molecule has 2 amide bonds. The molecule has 2 N–H and O–H groups in total. The second kappa shape index (κ2) is 9.06. The molecule has 1 aliphatic carbocycles. The van der Waals surface area contributed by atoms with Crippen LogP contribution in [0.1, 0.15) is 65.9 Å². The first-order valence-electron chi connectivity index (χ1n) is 10.4. The quantitative estimate of drug-likeness (QED) is 0.738. The molecule has 28 heavy (non-hydrogen) atoms. The van der Waals surface area contributed by atoms with Gasteiger partial charge in [-0.25, -0.2) is 4.39 Å². The third-order valence-corrected chi connectivity index (χ3v) is 6.01. The van der Waals surface area contributed by atoms with E-state index in [9.17, 15) is 14.0 Å². The Morgan fingerprint density at radius 1 is 1.11 bits per heavy atom. The van der Waals surface area contributed by atoms with Crippen molar-refractivity contribution in [3.05, 3.63) is 29.6 Å². The average molecular weight is 391 g/mol. The lowest BCUT2D eigenvalue weighted by Gasteiger charge is -2.37. The number of rotatable bonds is 5. The standard InChI is InChI=1S/C23H35FN2O2/c1-14(2)20(22(28)25-18-12-7-15(3)19(24)13-18)26-21(27)16-8-10-17(11-9-16)23(4,5)6/h7,12-14,16-17,20H,8-11H2,1-6H3,(H,25,28)(H,26,27)/t16?,17?,20-/m1/s1. The van der Waals surface area contributed by atoms with Gasteiger partial charge in [0.25, 0.3) is 0 Å². The number of carbonyl (C=O) groups is 2. The van der Waals surface area contributed by atoms with E-state index in [2.05, 4.69) is 31.4 Å². The smallest absolute Gasteiger partial charge is 0.247 e. The number of hydrogen-bond donors (Lipinski definition) is 2. The molecule has 0 heterocycles. The van der Waals surface area contributed by atoms with Crippen LogP contribution in [0, 0.1) is 35.9 Å². The molecule has 1 aliphatic rings. The minimum absolute atomic E-state index is 0.0375. The summed E-state index contributed by atoms with van der Waals surface area (Å²) in [6.45, 7) is 12.2. The molecule has 2 rings (SSSR count). The van der Waals surface area contributed by atoms with Crippen molar-refractivity contribution >= 4 is 17.5 Å². The number of amides is 2. The molecule has 0 bridgehead atoms. The van der Waals surface area contributed by atoms with Crippen LogP contribution in [-0.4, -0.2) is 17.9 Å². The van der Waals surface area contributed by atoms with Crippen molar-refractivity contribution in [2.24, 2.45) is 23.2 Å². The molecule has 4 nitrogen and oxygen atoms in total. The number of nitrogens with one attached hydrogen (secondary N) is 2. The number of aryl methyl sites for hydroxylation is 1. The zero-order valence-corrected chi connectivity index (χ0v) is 18.1. The maximum Gasteiger partial charge on any atom is 0.247 e. The number of benzene rings is 1. The van der Waals surface area contributed by atoms with E-state index in [-0.39, 0.29) is 34.9 Å². The molecule has 5 heteroatoms. The van der Waals surface area contributed by atoms with Crippen LogP contribution in [0.15, 0.2) is 18.2 Å². The van der Waals surface area contributed by atoms with E-state index in [1.54, 1.807) is 19.1 Å². The van der Waals surface area contributed by atoms with Crippen molar-refractivity contribution < 1.29 is 14.0 Å². The van der Waals surface area contributed by atoms with E-state index in [0.29, 0.717) is 17.2 Å². The molecule has 0 spiro atoms. The van der Waals surface area contributed by atoms with Gasteiger partial charge in [-0.05, 0) is 67.6 Å². The van der Waals surface area contributed by atoms with Gasteiger partial charge < -0.3 is 10.6 Å². The summed E-state index contributed by atoms with van der Waals surface area (Å²) in [6.07, 6.45) is 3.82. The molecule has 1 fully saturated rings. The fourth-order valence-electron chi connectivity index (χ4n) is 3.92. The fourth-order valence-corrected chi connectivity index (χ4v) is 3.92. The maximum absolute atomic E-state index is 13.7. The molecule has 0 aromatic heterocycles. The molecule has 156 valence electrons. The van der Waals surface area contributed by atoms with Gasteiger partial charge >= 0.3 is 0 Å². The highest BCUT2D eigenvalue weighted by Gasteiger charge is 2.34. The van der Waals surface area contributed by atoms with E-state index in [0.717, 1.165) is 25.7 Å². The molecular formula is C23H35FN2O2. The van der Waals surface area contributed by atoms with Gasteiger partial charge in [-0.3, -0.25) is 9.59 Å². The molecule has 0 radical (unpaired) electrons. The molecular weight excluding hydrogens is 355 g/mol. The molecule has 1 aromatic rings. The lowest BCUT2D eigenvalue weighted by Crippen LogP contribution is -2.49. The molecule has 1 saturated carbocycles. The summed E-state index contributed by atoms with van der Waals surface area (Å²) in [6, 6.07) is 3.96. The second-order valence-electron chi connectivity index (χ2n) is 9.60. The minimum atomic E-state index is -0.641. The van der Waals surface area contributed by atoms with Gasteiger partial charge in [0.05, 0.1) is 0 Å². The van der Waals surface area contributed by atoms with Crippen LogP contribution in [0.25, 0.3) is 0 Å². The molecule has 0 saturated heterocycles. The first-order chi connectivity index (χ1) is 13.0. The average Bonchev–Trinajstić information content (AvgIpc) is 2.61. The highest BCUT2D eigenvalue weighted by Crippen LogP contribution is 2.39. The first kappa shape index (κ1) is 22.4. The van der Waals surface area contributed by atoms with Crippen LogP contribution in [0.3, 0.4) is 0 Å². The zero-order valence-electron chi connectivity index (χ0n) is 18.1. The van der Waals surface area contributed by atoms with E-state index in [1.165, 1.54) is 6.07 Å². The summed E-state index contributed by atoms with van der Waals surface area (Å²) < 4.78 is 13.7. The predicted molar refractivity (Wildman–Crippen MR) is 111 cm³/mol. The molecule has 1 atom stereocenters. The van der Waals surface area contributed by atoms with E-state index >= 15 is 0 Å². The monoisotopic (exact) mass is 390 g/mol. The van der Waals surface area contributed by atoms with Crippen molar-refractivity contribution in [2.75, 3.05) is 5.32 Å². The van der Waals surface area contributed by atoms with Crippen LogP contribution in [0.5, 0.6) is 0 Å². The summed E-state index contributed by atoms with van der Waals surface area (Å²) in [4.78, 5) is 25.5. The van der Waals surface area contributed by atoms with Crippen LogP contribution in [-0.2, 0) is 9.59 Å². The van der Waals surface area contributed by atoms with Crippen LogP contribution in [0.2, 0.25) is 0 Å². The van der Waals surface area contributed by atoms with Gasteiger partial charge in [0.2, 0.25) is 11.8 Å². The van der Waals surface area contributed by atoms with Crippen molar-refractivity contribution in [2.45, 2.75) is 73.3 Å². The second-order valence-corrected chi connectivity index (χ2v) is 9.60. The lowest BCUT2D eigenvalue weighted by molar-refractivity contribution is -0.131. The van der Waals surface area contributed by atoms with E-state index in [1.807, 2.05) is 13.8 Å². The summed E-state index contributed by atoms with van der Waals surface area (Å²) in [5.74, 6) is -0.184. The Hall–Kier alpha value is -1.91. The maximum atomic E-state index is 13.7. The fraction of sp³-hybridized carbons (Fsp3) is 0.652. The normalized spacial score (nSPS) is 21.3. The van der Waals surface area contributed by atoms with Crippen LogP contribution in [0.4, 0.5) is 10.1 Å². The van der Waals surface area contributed by atoms with Crippen LogP contribution >= 0.6 is 0 Å². The number of carbonyl (C=O) groups excluding carboxylic acids is 2. The third kappa shape index (κ3) is 5.79. The van der Waals surface area contributed by atoms with Crippen molar-refractivity contribution in [3.63, 3.8) is 0 Å². The van der Waals surface area contributed by atoms with Crippen LogP contribution < -0.4 is 10.6 Å². The number of anilines is 1. The van der Waals surface area contributed by atoms with Crippen molar-refractivity contribution in [3.8, 4) is 0 Å². The molecule has 1 aromatic carbocycles. The van der Waals surface area contributed by atoms with Gasteiger partial charge in [0, 0.05) is 11.6 Å².